The number of aromatic nitrogens is 2. The van der Waals surface area contributed by atoms with Gasteiger partial charge in [-0.3, -0.25) is 4.79 Å². The molecule has 0 radical (unpaired) electrons. The Bertz CT molecular complexity index is 966. The highest BCUT2D eigenvalue weighted by molar-refractivity contribution is 5.93. The third-order valence-corrected chi connectivity index (χ3v) is 5.38. The number of hydrogen-bond acceptors (Lipinski definition) is 4. The van der Waals surface area contributed by atoms with Crippen LogP contribution in [0.1, 0.15) is 60.0 Å². The van der Waals surface area contributed by atoms with Gasteiger partial charge in [-0.05, 0) is 48.6 Å². The fourth-order valence-corrected chi connectivity index (χ4v) is 3.92. The first-order valence-corrected chi connectivity index (χ1v) is 9.49. The highest BCUT2D eigenvalue weighted by Gasteiger charge is 2.26. The summed E-state index contributed by atoms with van der Waals surface area (Å²) in [6.45, 7) is 2.00. The van der Waals surface area contributed by atoms with Gasteiger partial charge in [0.05, 0.1) is 6.04 Å². The summed E-state index contributed by atoms with van der Waals surface area (Å²) in [5.74, 6) is 0.804. The minimum absolute atomic E-state index is 0.123. The molecule has 1 fully saturated rings. The van der Waals surface area contributed by atoms with Crippen LogP contribution < -0.4 is 11.1 Å². The van der Waals surface area contributed by atoms with Crippen molar-refractivity contribution in [2.75, 3.05) is 0 Å². The van der Waals surface area contributed by atoms with Gasteiger partial charge in [-0.25, -0.2) is 9.97 Å². The molecule has 3 N–H and O–H groups in total. The van der Waals surface area contributed by atoms with Crippen molar-refractivity contribution in [3.05, 3.63) is 71.8 Å². The quantitative estimate of drug-likeness (QED) is 0.743. The third-order valence-electron chi connectivity index (χ3n) is 5.38. The lowest BCUT2D eigenvalue weighted by atomic mass is 9.99. The van der Waals surface area contributed by atoms with Crippen LogP contribution in [0.2, 0.25) is 0 Å². The second-order valence-corrected chi connectivity index (χ2v) is 7.33. The number of hydrogen-bond donors (Lipinski definition) is 2. The third kappa shape index (κ3) is 3.69. The molecule has 2 aromatic carbocycles. The standard InChI is InChI=1S/C22H24N4O/c1-14(18-8-4-6-15-5-2-3-7-19(15)18)25-22(27)20-11-12-24-21(26-20)16-9-10-17(23)13-16/h2-8,11-12,14,16-17H,9-10,13,23H2,1H3,(H,25,27)/t14-,16?,17-/m1/s1. The Labute approximate surface area is 159 Å². The van der Waals surface area contributed by atoms with E-state index in [4.69, 9.17) is 5.73 Å². The molecule has 5 nitrogen and oxygen atoms in total. The molecule has 1 heterocycles. The summed E-state index contributed by atoms with van der Waals surface area (Å²) in [5, 5.41) is 5.39. The van der Waals surface area contributed by atoms with Gasteiger partial charge in [0.2, 0.25) is 0 Å². The van der Waals surface area contributed by atoms with Gasteiger partial charge < -0.3 is 11.1 Å². The number of carbonyl (C=O) groups excluding carboxylic acids is 1. The van der Waals surface area contributed by atoms with Crippen LogP contribution in [0.3, 0.4) is 0 Å². The van der Waals surface area contributed by atoms with Crippen LogP contribution in [0.25, 0.3) is 10.8 Å². The van der Waals surface area contributed by atoms with Crippen molar-refractivity contribution in [3.8, 4) is 0 Å². The van der Waals surface area contributed by atoms with Crippen molar-refractivity contribution < 1.29 is 4.79 Å². The molecule has 0 spiro atoms. The molecule has 4 rings (SSSR count). The molecule has 3 aromatic rings. The molecule has 1 aromatic heterocycles. The normalized spacial score (nSPS) is 20.5. The van der Waals surface area contributed by atoms with Crippen LogP contribution in [0.15, 0.2) is 54.7 Å². The summed E-state index contributed by atoms with van der Waals surface area (Å²) in [7, 11) is 0. The Balaban J connectivity index is 1.53. The topological polar surface area (TPSA) is 80.9 Å². The van der Waals surface area contributed by atoms with E-state index in [0.29, 0.717) is 5.69 Å². The summed E-state index contributed by atoms with van der Waals surface area (Å²) in [4.78, 5) is 21.7. The highest BCUT2D eigenvalue weighted by Crippen LogP contribution is 2.31. The fourth-order valence-electron chi connectivity index (χ4n) is 3.92. The number of benzene rings is 2. The lowest BCUT2D eigenvalue weighted by Gasteiger charge is -2.17. The molecule has 5 heteroatoms. The molecule has 138 valence electrons. The van der Waals surface area contributed by atoms with Crippen molar-refractivity contribution in [3.63, 3.8) is 0 Å². The maximum Gasteiger partial charge on any atom is 0.270 e. The molecule has 1 unspecified atom stereocenters. The van der Waals surface area contributed by atoms with Gasteiger partial charge in [-0.2, -0.15) is 0 Å². The molecule has 1 amide bonds. The first kappa shape index (κ1) is 17.6. The molecular formula is C22H24N4O. The van der Waals surface area contributed by atoms with E-state index in [1.54, 1.807) is 12.3 Å². The summed E-state index contributed by atoms with van der Waals surface area (Å²) in [6, 6.07) is 16.1. The summed E-state index contributed by atoms with van der Waals surface area (Å²) in [6.07, 6.45) is 4.53. The molecule has 0 bridgehead atoms. The molecule has 27 heavy (non-hydrogen) atoms. The van der Waals surface area contributed by atoms with Gasteiger partial charge >= 0.3 is 0 Å². The highest BCUT2D eigenvalue weighted by atomic mass is 16.1. The summed E-state index contributed by atoms with van der Waals surface area (Å²) in [5.41, 5.74) is 7.51. The minimum atomic E-state index is -0.179. The maximum absolute atomic E-state index is 12.8. The van der Waals surface area contributed by atoms with Crippen molar-refractivity contribution in [1.82, 2.24) is 15.3 Å². The number of rotatable bonds is 4. The predicted molar refractivity (Wildman–Crippen MR) is 106 cm³/mol. The van der Waals surface area contributed by atoms with Gasteiger partial charge in [0.15, 0.2) is 0 Å². The number of nitrogens with two attached hydrogens (primary N) is 1. The van der Waals surface area contributed by atoms with Crippen LogP contribution >= 0.6 is 0 Å². The minimum Gasteiger partial charge on any atom is -0.344 e. The monoisotopic (exact) mass is 360 g/mol. The first-order valence-electron chi connectivity index (χ1n) is 9.49. The maximum atomic E-state index is 12.8. The number of nitrogens with zero attached hydrogens (tertiary/aromatic N) is 2. The Kier molecular flexibility index (Phi) is 4.86. The summed E-state index contributed by atoms with van der Waals surface area (Å²) < 4.78 is 0. The number of fused-ring (bicyclic) bond motifs is 1. The average molecular weight is 360 g/mol. The van der Waals surface area contributed by atoms with Crippen LogP contribution in [0, 0.1) is 0 Å². The van der Waals surface area contributed by atoms with Gasteiger partial charge in [0.25, 0.3) is 5.91 Å². The lowest BCUT2D eigenvalue weighted by Crippen LogP contribution is -2.28. The van der Waals surface area contributed by atoms with Crippen molar-refractivity contribution >= 4 is 16.7 Å². The van der Waals surface area contributed by atoms with E-state index in [9.17, 15) is 4.79 Å². The zero-order valence-electron chi connectivity index (χ0n) is 15.4. The Morgan fingerprint density at radius 1 is 1.15 bits per heavy atom. The van der Waals surface area contributed by atoms with Gasteiger partial charge in [-0.15, -0.1) is 0 Å². The molecule has 1 aliphatic rings. The van der Waals surface area contributed by atoms with Crippen LogP contribution in [-0.2, 0) is 0 Å². The number of carbonyl (C=O) groups is 1. The number of amides is 1. The molecule has 3 atom stereocenters. The van der Waals surface area contributed by atoms with Crippen molar-refractivity contribution in [1.29, 1.82) is 0 Å². The molecule has 1 saturated carbocycles. The van der Waals surface area contributed by atoms with E-state index in [1.807, 2.05) is 25.1 Å². The van der Waals surface area contributed by atoms with Gasteiger partial charge in [0, 0.05) is 18.2 Å². The molecule has 0 aliphatic heterocycles. The van der Waals surface area contributed by atoms with E-state index in [-0.39, 0.29) is 23.9 Å². The smallest absolute Gasteiger partial charge is 0.270 e. The second-order valence-electron chi connectivity index (χ2n) is 7.33. The van der Waals surface area contributed by atoms with Crippen LogP contribution in [-0.4, -0.2) is 21.9 Å². The van der Waals surface area contributed by atoms with Crippen molar-refractivity contribution in [2.24, 2.45) is 5.73 Å². The second kappa shape index (κ2) is 7.45. The zero-order chi connectivity index (χ0) is 18.8. The Morgan fingerprint density at radius 3 is 2.78 bits per heavy atom. The van der Waals surface area contributed by atoms with E-state index in [1.165, 1.54) is 0 Å². The number of nitrogens with one attached hydrogen (secondary N) is 1. The van der Waals surface area contributed by atoms with E-state index in [0.717, 1.165) is 41.4 Å². The van der Waals surface area contributed by atoms with E-state index in [2.05, 4.69) is 39.6 Å². The molecule has 0 saturated heterocycles. The Morgan fingerprint density at radius 2 is 1.96 bits per heavy atom. The largest absolute Gasteiger partial charge is 0.344 e. The van der Waals surface area contributed by atoms with Gasteiger partial charge in [-0.1, -0.05) is 42.5 Å². The van der Waals surface area contributed by atoms with Crippen LogP contribution in [0.4, 0.5) is 0 Å². The molecular weight excluding hydrogens is 336 g/mol. The van der Waals surface area contributed by atoms with E-state index >= 15 is 0 Å². The SMILES string of the molecule is C[C@@H](NC(=O)c1ccnc(C2CC[C@@H](N)C2)n1)c1cccc2ccccc12. The van der Waals surface area contributed by atoms with Gasteiger partial charge in [0.1, 0.15) is 11.5 Å². The van der Waals surface area contributed by atoms with Crippen molar-refractivity contribution in [2.45, 2.75) is 44.2 Å². The Hall–Kier alpha value is -2.79. The average Bonchev–Trinajstić information content (AvgIpc) is 3.14. The summed E-state index contributed by atoms with van der Waals surface area (Å²) >= 11 is 0. The predicted octanol–water partition coefficient (Wildman–Crippen LogP) is 3.72. The first-order chi connectivity index (χ1) is 13.1. The van der Waals surface area contributed by atoms with E-state index < -0.39 is 0 Å². The zero-order valence-corrected chi connectivity index (χ0v) is 15.4. The van der Waals surface area contributed by atoms with Crippen LogP contribution in [0.5, 0.6) is 0 Å². The fraction of sp³-hybridized carbons (Fsp3) is 0.318. The molecule has 1 aliphatic carbocycles. The lowest BCUT2D eigenvalue weighted by molar-refractivity contribution is 0.0934.